The summed E-state index contributed by atoms with van der Waals surface area (Å²) in [6, 6.07) is 20.0. The maximum atomic E-state index is 12.7. The quantitative estimate of drug-likeness (QED) is 0.412. The SMILES string of the molecule is COc1ccc(CN(Cc2ccccc2)Cc2cc(=O)n3nc(C(C)(C)C)sc3n2)cc1. The van der Waals surface area contributed by atoms with E-state index in [0.717, 1.165) is 29.5 Å². The van der Waals surface area contributed by atoms with Crippen LogP contribution in [-0.4, -0.2) is 26.6 Å². The molecule has 0 unspecified atom stereocenters. The first-order valence-corrected chi connectivity index (χ1v) is 11.4. The summed E-state index contributed by atoms with van der Waals surface area (Å²) in [6.07, 6.45) is 0. The van der Waals surface area contributed by atoms with Crippen molar-refractivity contribution in [3.8, 4) is 5.75 Å². The van der Waals surface area contributed by atoms with Gasteiger partial charge in [0.25, 0.3) is 5.56 Å². The Bertz CT molecular complexity index is 1240. The fraction of sp³-hybridized carbons (Fsp3) is 0.320. The number of methoxy groups -OCH3 is 1. The second-order valence-corrected chi connectivity index (χ2v) is 9.87. The third-order valence-electron chi connectivity index (χ3n) is 5.14. The maximum Gasteiger partial charge on any atom is 0.275 e. The molecule has 32 heavy (non-hydrogen) atoms. The molecule has 0 aliphatic carbocycles. The summed E-state index contributed by atoms with van der Waals surface area (Å²) in [5, 5.41) is 5.39. The summed E-state index contributed by atoms with van der Waals surface area (Å²) in [7, 11) is 1.67. The number of hydrogen-bond donors (Lipinski definition) is 0. The van der Waals surface area contributed by atoms with Gasteiger partial charge < -0.3 is 4.74 Å². The molecule has 2 aromatic carbocycles. The normalized spacial score (nSPS) is 11.9. The molecule has 4 rings (SSSR count). The lowest BCUT2D eigenvalue weighted by atomic mass is 9.98. The Hall–Kier alpha value is -3.03. The van der Waals surface area contributed by atoms with E-state index in [1.165, 1.54) is 27.0 Å². The molecular weight excluding hydrogens is 420 g/mol. The first-order valence-electron chi connectivity index (χ1n) is 10.6. The molecule has 0 radical (unpaired) electrons. The molecule has 0 saturated carbocycles. The average Bonchev–Trinajstić information content (AvgIpc) is 3.20. The van der Waals surface area contributed by atoms with Gasteiger partial charge in [0.2, 0.25) is 4.96 Å². The van der Waals surface area contributed by atoms with Crippen LogP contribution in [0.3, 0.4) is 0 Å². The molecule has 0 spiro atoms. The summed E-state index contributed by atoms with van der Waals surface area (Å²) < 4.78 is 6.70. The molecule has 166 valence electrons. The van der Waals surface area contributed by atoms with E-state index < -0.39 is 0 Å². The molecule has 0 aliphatic rings. The highest BCUT2D eigenvalue weighted by Crippen LogP contribution is 2.26. The van der Waals surface area contributed by atoms with E-state index in [-0.39, 0.29) is 11.0 Å². The molecular formula is C25H28N4O2S. The van der Waals surface area contributed by atoms with Crippen LogP contribution in [0.2, 0.25) is 0 Å². The average molecular weight is 449 g/mol. The van der Waals surface area contributed by atoms with Crippen LogP contribution in [0.15, 0.2) is 65.5 Å². The van der Waals surface area contributed by atoms with Gasteiger partial charge in [-0.25, -0.2) is 4.98 Å². The van der Waals surface area contributed by atoms with Crippen molar-refractivity contribution in [2.75, 3.05) is 7.11 Å². The van der Waals surface area contributed by atoms with E-state index in [4.69, 9.17) is 9.72 Å². The van der Waals surface area contributed by atoms with E-state index in [9.17, 15) is 4.79 Å². The zero-order chi connectivity index (χ0) is 22.7. The highest BCUT2D eigenvalue weighted by Gasteiger charge is 2.21. The van der Waals surface area contributed by atoms with Crippen LogP contribution >= 0.6 is 11.3 Å². The molecule has 7 heteroatoms. The highest BCUT2D eigenvalue weighted by atomic mass is 32.1. The standard InChI is InChI=1S/C25H28N4O2S/c1-25(2,3)23-27-29-22(30)14-20(26-24(29)32-23)17-28(15-18-8-6-5-7-9-18)16-19-10-12-21(31-4)13-11-19/h5-14H,15-17H2,1-4H3. The number of hydrogen-bond acceptors (Lipinski definition) is 6. The van der Waals surface area contributed by atoms with Crippen LogP contribution in [0.1, 0.15) is 42.6 Å². The van der Waals surface area contributed by atoms with E-state index in [0.29, 0.717) is 11.5 Å². The lowest BCUT2D eigenvalue weighted by Crippen LogP contribution is -2.25. The first kappa shape index (κ1) is 22.2. The van der Waals surface area contributed by atoms with Crippen molar-refractivity contribution in [2.45, 2.75) is 45.8 Å². The third kappa shape index (κ3) is 5.23. The predicted octanol–water partition coefficient (Wildman–Crippen LogP) is 4.66. The molecule has 4 aromatic rings. The Morgan fingerprint density at radius 3 is 2.25 bits per heavy atom. The molecule has 0 N–H and O–H groups in total. The van der Waals surface area contributed by atoms with Gasteiger partial charge in [-0.1, -0.05) is 74.6 Å². The van der Waals surface area contributed by atoms with Gasteiger partial charge >= 0.3 is 0 Å². The molecule has 0 atom stereocenters. The molecule has 0 aliphatic heterocycles. The molecule has 2 heterocycles. The van der Waals surface area contributed by atoms with Gasteiger partial charge in [-0.2, -0.15) is 9.61 Å². The lowest BCUT2D eigenvalue weighted by Gasteiger charge is -2.22. The molecule has 2 aromatic heterocycles. The van der Waals surface area contributed by atoms with E-state index in [2.05, 4.69) is 55.0 Å². The van der Waals surface area contributed by atoms with Crippen LogP contribution in [0, 0.1) is 0 Å². The number of aromatic nitrogens is 3. The van der Waals surface area contributed by atoms with Crippen molar-refractivity contribution in [3.63, 3.8) is 0 Å². The summed E-state index contributed by atoms with van der Waals surface area (Å²) in [5.41, 5.74) is 2.88. The van der Waals surface area contributed by atoms with Gasteiger partial charge in [0.05, 0.1) is 12.8 Å². The van der Waals surface area contributed by atoms with Crippen LogP contribution in [0.4, 0.5) is 0 Å². The molecule has 6 nitrogen and oxygen atoms in total. The number of benzene rings is 2. The minimum atomic E-state index is -0.138. The van der Waals surface area contributed by atoms with Crippen molar-refractivity contribution < 1.29 is 4.74 Å². The monoisotopic (exact) mass is 448 g/mol. The topological polar surface area (TPSA) is 59.7 Å². The summed E-state index contributed by atoms with van der Waals surface area (Å²) in [4.78, 5) is 20.5. The summed E-state index contributed by atoms with van der Waals surface area (Å²) >= 11 is 1.48. The summed E-state index contributed by atoms with van der Waals surface area (Å²) in [6.45, 7) is 8.32. The van der Waals surface area contributed by atoms with Gasteiger partial charge in [0, 0.05) is 31.1 Å². The van der Waals surface area contributed by atoms with Crippen LogP contribution < -0.4 is 10.3 Å². The molecule has 0 saturated heterocycles. The van der Waals surface area contributed by atoms with E-state index in [1.807, 2.05) is 30.3 Å². The number of ether oxygens (including phenoxy) is 1. The van der Waals surface area contributed by atoms with Crippen molar-refractivity contribution >= 4 is 16.3 Å². The summed E-state index contributed by atoms with van der Waals surface area (Å²) in [5.74, 6) is 0.836. The number of fused-ring (bicyclic) bond motifs is 1. The largest absolute Gasteiger partial charge is 0.497 e. The van der Waals surface area contributed by atoms with Crippen molar-refractivity contribution in [2.24, 2.45) is 0 Å². The van der Waals surface area contributed by atoms with Gasteiger partial charge in [-0.15, -0.1) is 0 Å². The zero-order valence-electron chi connectivity index (χ0n) is 18.9. The fourth-order valence-corrected chi connectivity index (χ4v) is 4.45. The minimum absolute atomic E-state index is 0.126. The van der Waals surface area contributed by atoms with E-state index >= 15 is 0 Å². The molecule has 0 fully saturated rings. The molecule has 0 bridgehead atoms. The predicted molar refractivity (Wildman–Crippen MR) is 128 cm³/mol. The van der Waals surface area contributed by atoms with Gasteiger partial charge in [-0.05, 0) is 23.3 Å². The number of rotatable bonds is 7. The number of nitrogens with zero attached hydrogens (tertiary/aromatic N) is 4. The van der Waals surface area contributed by atoms with Gasteiger partial charge in [0.15, 0.2) is 0 Å². The second kappa shape index (κ2) is 9.22. The first-order chi connectivity index (χ1) is 15.3. The Kier molecular flexibility index (Phi) is 6.39. The smallest absolute Gasteiger partial charge is 0.275 e. The van der Waals surface area contributed by atoms with E-state index in [1.54, 1.807) is 13.2 Å². The van der Waals surface area contributed by atoms with Crippen LogP contribution in [-0.2, 0) is 25.0 Å². The second-order valence-electron chi connectivity index (χ2n) is 8.92. The Morgan fingerprint density at radius 2 is 1.62 bits per heavy atom. The molecule has 0 amide bonds. The van der Waals surface area contributed by atoms with Gasteiger partial charge in [0.1, 0.15) is 10.8 Å². The van der Waals surface area contributed by atoms with Crippen LogP contribution in [0.25, 0.3) is 4.96 Å². The van der Waals surface area contributed by atoms with Gasteiger partial charge in [-0.3, -0.25) is 9.69 Å². The van der Waals surface area contributed by atoms with Crippen molar-refractivity contribution in [1.29, 1.82) is 0 Å². The highest BCUT2D eigenvalue weighted by molar-refractivity contribution is 7.16. The van der Waals surface area contributed by atoms with Crippen molar-refractivity contribution in [1.82, 2.24) is 19.5 Å². The van der Waals surface area contributed by atoms with Crippen LogP contribution in [0.5, 0.6) is 5.75 Å². The Labute approximate surface area is 192 Å². The lowest BCUT2D eigenvalue weighted by molar-refractivity contribution is 0.244. The Morgan fingerprint density at radius 1 is 0.969 bits per heavy atom. The fourth-order valence-electron chi connectivity index (χ4n) is 3.47. The minimum Gasteiger partial charge on any atom is -0.497 e. The van der Waals surface area contributed by atoms with Crippen molar-refractivity contribution in [3.05, 3.63) is 92.8 Å². The Balaban J connectivity index is 1.63. The zero-order valence-corrected chi connectivity index (χ0v) is 19.7. The maximum absolute atomic E-state index is 12.7. The third-order valence-corrected chi connectivity index (χ3v) is 6.47.